The maximum atomic E-state index is 13.1. The summed E-state index contributed by atoms with van der Waals surface area (Å²) in [5.41, 5.74) is 1.72. The van der Waals surface area contributed by atoms with E-state index in [1.807, 2.05) is 37.3 Å². The fourth-order valence-corrected chi connectivity index (χ4v) is 4.04. The van der Waals surface area contributed by atoms with E-state index in [-0.39, 0.29) is 29.7 Å². The van der Waals surface area contributed by atoms with Gasteiger partial charge in [0, 0.05) is 5.56 Å². The molecule has 0 bridgehead atoms. The third kappa shape index (κ3) is 5.12. The number of hydrogen-bond donors (Lipinski definition) is 1. The van der Waals surface area contributed by atoms with Gasteiger partial charge in [-0.1, -0.05) is 30.3 Å². The predicted molar refractivity (Wildman–Crippen MR) is 133 cm³/mol. The van der Waals surface area contributed by atoms with E-state index in [0.717, 1.165) is 10.5 Å². The van der Waals surface area contributed by atoms with E-state index < -0.39 is 29.7 Å². The lowest BCUT2D eigenvalue weighted by Gasteiger charge is -2.18. The van der Waals surface area contributed by atoms with Crippen LogP contribution in [0, 0.1) is 0 Å². The van der Waals surface area contributed by atoms with E-state index in [0.29, 0.717) is 18.0 Å². The van der Waals surface area contributed by atoms with Gasteiger partial charge in [-0.15, -0.1) is 0 Å². The van der Waals surface area contributed by atoms with Gasteiger partial charge in [0.2, 0.25) is 0 Å². The Morgan fingerprint density at radius 2 is 1.56 bits per heavy atom. The van der Waals surface area contributed by atoms with Crippen molar-refractivity contribution in [2.24, 2.45) is 0 Å². The molecule has 36 heavy (non-hydrogen) atoms. The Balaban J connectivity index is 1.56. The molecule has 1 N–H and O–H groups in total. The van der Waals surface area contributed by atoms with E-state index in [1.165, 1.54) is 18.2 Å². The van der Waals surface area contributed by atoms with Gasteiger partial charge in [0.05, 0.1) is 42.5 Å². The van der Waals surface area contributed by atoms with Crippen molar-refractivity contribution in [3.05, 3.63) is 95.1 Å². The molecule has 0 radical (unpaired) electrons. The molecule has 0 fully saturated rings. The van der Waals surface area contributed by atoms with Crippen LogP contribution in [0.25, 0.3) is 0 Å². The molecule has 0 aliphatic carbocycles. The molecule has 1 heterocycles. The van der Waals surface area contributed by atoms with Gasteiger partial charge in [-0.2, -0.15) is 0 Å². The van der Waals surface area contributed by atoms with Gasteiger partial charge in [0.25, 0.3) is 17.7 Å². The van der Waals surface area contributed by atoms with Crippen LogP contribution in [-0.2, 0) is 9.53 Å². The summed E-state index contributed by atoms with van der Waals surface area (Å²) in [4.78, 5) is 52.4. The van der Waals surface area contributed by atoms with Crippen LogP contribution < -0.4 is 15.0 Å². The number of carbonyl (C=O) groups is 4. The van der Waals surface area contributed by atoms with Crippen molar-refractivity contribution in [1.82, 2.24) is 5.32 Å². The van der Waals surface area contributed by atoms with Crippen molar-refractivity contribution >= 4 is 29.4 Å². The zero-order valence-corrected chi connectivity index (χ0v) is 20.0. The number of hydrogen-bond acceptors (Lipinski definition) is 6. The van der Waals surface area contributed by atoms with Crippen molar-refractivity contribution in [3.8, 4) is 5.75 Å². The topological polar surface area (TPSA) is 102 Å². The molecule has 1 unspecified atom stereocenters. The number of anilines is 1. The molecule has 0 aromatic heterocycles. The summed E-state index contributed by atoms with van der Waals surface area (Å²) in [6.07, 6.45) is -0.0442. The second-order valence-corrected chi connectivity index (χ2v) is 8.08. The molecule has 0 saturated heterocycles. The third-order valence-electron chi connectivity index (χ3n) is 5.74. The van der Waals surface area contributed by atoms with E-state index >= 15 is 0 Å². The average molecular weight is 487 g/mol. The average Bonchev–Trinajstić information content (AvgIpc) is 3.14. The van der Waals surface area contributed by atoms with Gasteiger partial charge in [-0.3, -0.25) is 19.2 Å². The van der Waals surface area contributed by atoms with Crippen molar-refractivity contribution in [1.29, 1.82) is 0 Å². The molecule has 1 aliphatic heterocycles. The Labute approximate surface area is 208 Å². The van der Waals surface area contributed by atoms with Crippen molar-refractivity contribution in [3.63, 3.8) is 0 Å². The van der Waals surface area contributed by atoms with Crippen LogP contribution in [0.15, 0.2) is 72.8 Å². The SMILES string of the molecule is CCOC(=O)CC(NC(=O)c1ccc2c(c1)C(=O)N(c1ccc(OCC)cc1)C2=O)c1ccccc1. The fraction of sp³-hybridized carbons (Fsp3) is 0.214. The Hall–Kier alpha value is -4.46. The van der Waals surface area contributed by atoms with Crippen LogP contribution in [0.3, 0.4) is 0 Å². The molecule has 1 aliphatic rings. The lowest BCUT2D eigenvalue weighted by molar-refractivity contribution is -0.143. The highest BCUT2D eigenvalue weighted by atomic mass is 16.5. The number of rotatable bonds is 9. The maximum Gasteiger partial charge on any atom is 0.308 e. The first-order chi connectivity index (χ1) is 17.4. The summed E-state index contributed by atoms with van der Waals surface area (Å²) >= 11 is 0. The van der Waals surface area contributed by atoms with Crippen LogP contribution in [0.1, 0.15) is 62.9 Å². The molecule has 0 spiro atoms. The Kier molecular flexibility index (Phi) is 7.44. The van der Waals surface area contributed by atoms with Gasteiger partial charge in [0.1, 0.15) is 5.75 Å². The van der Waals surface area contributed by atoms with Crippen molar-refractivity contribution < 1.29 is 28.7 Å². The number of esters is 1. The molecule has 184 valence electrons. The van der Waals surface area contributed by atoms with E-state index in [4.69, 9.17) is 9.47 Å². The van der Waals surface area contributed by atoms with Gasteiger partial charge >= 0.3 is 5.97 Å². The molecule has 8 heteroatoms. The van der Waals surface area contributed by atoms with Crippen LogP contribution in [0.5, 0.6) is 5.75 Å². The normalized spacial score (nSPS) is 13.2. The first kappa shape index (κ1) is 24.7. The molecule has 1 atom stereocenters. The molecule has 3 aromatic carbocycles. The smallest absolute Gasteiger partial charge is 0.308 e. The monoisotopic (exact) mass is 486 g/mol. The largest absolute Gasteiger partial charge is 0.494 e. The number of nitrogens with one attached hydrogen (secondary N) is 1. The van der Waals surface area contributed by atoms with Crippen LogP contribution >= 0.6 is 0 Å². The summed E-state index contributed by atoms with van der Waals surface area (Å²) in [5, 5.41) is 2.85. The summed E-state index contributed by atoms with van der Waals surface area (Å²) in [6, 6.07) is 19.5. The minimum atomic E-state index is -0.622. The van der Waals surface area contributed by atoms with Gasteiger partial charge in [-0.25, -0.2) is 4.90 Å². The Morgan fingerprint density at radius 1 is 0.861 bits per heavy atom. The fourth-order valence-electron chi connectivity index (χ4n) is 4.04. The van der Waals surface area contributed by atoms with Crippen molar-refractivity contribution in [2.45, 2.75) is 26.3 Å². The summed E-state index contributed by atoms with van der Waals surface area (Å²) in [7, 11) is 0. The number of amides is 3. The number of carbonyl (C=O) groups excluding carboxylic acids is 4. The molecular weight excluding hydrogens is 460 g/mol. The highest BCUT2D eigenvalue weighted by Gasteiger charge is 2.37. The van der Waals surface area contributed by atoms with Gasteiger partial charge < -0.3 is 14.8 Å². The van der Waals surface area contributed by atoms with Gasteiger partial charge in [-0.05, 0) is 61.9 Å². The summed E-state index contributed by atoms with van der Waals surface area (Å²) < 4.78 is 10.5. The standard InChI is InChI=1S/C28H26N2O6/c1-3-35-21-13-11-20(12-14-21)30-27(33)22-15-10-19(16-23(22)28(30)34)26(32)29-24(17-25(31)36-4-2)18-8-6-5-7-9-18/h5-16,24H,3-4,17H2,1-2H3,(H,29,32). The zero-order valence-electron chi connectivity index (χ0n) is 20.0. The number of benzene rings is 3. The number of fused-ring (bicyclic) bond motifs is 1. The van der Waals surface area contributed by atoms with Crippen LogP contribution in [-0.4, -0.2) is 36.9 Å². The number of nitrogens with zero attached hydrogens (tertiary/aromatic N) is 1. The number of imide groups is 1. The predicted octanol–water partition coefficient (Wildman–Crippen LogP) is 4.31. The minimum absolute atomic E-state index is 0.0442. The molecule has 8 nitrogen and oxygen atoms in total. The second-order valence-electron chi connectivity index (χ2n) is 8.08. The van der Waals surface area contributed by atoms with E-state index in [9.17, 15) is 19.2 Å². The highest BCUT2D eigenvalue weighted by Crippen LogP contribution is 2.30. The lowest BCUT2D eigenvalue weighted by atomic mass is 10.0. The van der Waals surface area contributed by atoms with E-state index in [2.05, 4.69) is 5.32 Å². The minimum Gasteiger partial charge on any atom is -0.494 e. The lowest BCUT2D eigenvalue weighted by Crippen LogP contribution is -2.31. The van der Waals surface area contributed by atoms with Crippen molar-refractivity contribution in [2.75, 3.05) is 18.1 Å². The zero-order chi connectivity index (χ0) is 25.7. The quantitative estimate of drug-likeness (QED) is 0.357. The van der Waals surface area contributed by atoms with Gasteiger partial charge in [0.15, 0.2) is 0 Å². The molecular formula is C28H26N2O6. The number of ether oxygens (including phenoxy) is 2. The molecule has 3 aromatic rings. The van der Waals surface area contributed by atoms with Crippen LogP contribution in [0.2, 0.25) is 0 Å². The Bertz CT molecular complexity index is 1290. The summed E-state index contributed by atoms with van der Waals surface area (Å²) in [5.74, 6) is -1.26. The third-order valence-corrected chi connectivity index (χ3v) is 5.74. The highest BCUT2D eigenvalue weighted by molar-refractivity contribution is 6.34. The van der Waals surface area contributed by atoms with E-state index in [1.54, 1.807) is 31.2 Å². The maximum absolute atomic E-state index is 13.1. The molecule has 3 amide bonds. The Morgan fingerprint density at radius 3 is 2.22 bits per heavy atom. The van der Waals surface area contributed by atoms with Crippen LogP contribution in [0.4, 0.5) is 5.69 Å². The molecule has 4 rings (SSSR count). The first-order valence-corrected chi connectivity index (χ1v) is 11.7. The first-order valence-electron chi connectivity index (χ1n) is 11.7. The second kappa shape index (κ2) is 10.9. The summed E-state index contributed by atoms with van der Waals surface area (Å²) in [6.45, 7) is 4.32. The molecule has 0 saturated carbocycles.